The van der Waals surface area contributed by atoms with E-state index in [1.165, 1.54) is 0 Å². The van der Waals surface area contributed by atoms with Crippen LogP contribution in [0.15, 0.2) is 54.6 Å². The zero-order chi connectivity index (χ0) is 18.3. The zero-order valence-corrected chi connectivity index (χ0v) is 14.3. The zero-order valence-electron chi connectivity index (χ0n) is 14.3. The molecule has 26 heavy (non-hydrogen) atoms. The van der Waals surface area contributed by atoms with Crippen LogP contribution in [0.5, 0.6) is 0 Å². The van der Waals surface area contributed by atoms with Gasteiger partial charge < -0.3 is 10.4 Å². The van der Waals surface area contributed by atoms with Crippen molar-refractivity contribution in [2.45, 2.75) is 25.3 Å². The first-order valence-electron chi connectivity index (χ1n) is 8.48. The molecular weight excluding hydrogens is 328 g/mol. The Bertz CT molecular complexity index is 1020. The predicted octanol–water partition coefficient (Wildman–Crippen LogP) is 2.90. The van der Waals surface area contributed by atoms with E-state index in [0.29, 0.717) is 16.6 Å². The molecule has 0 bridgehead atoms. The van der Waals surface area contributed by atoms with Gasteiger partial charge in [-0.25, -0.2) is 4.79 Å². The number of pyridine rings is 1. The highest BCUT2D eigenvalue weighted by molar-refractivity contribution is 6.07. The minimum atomic E-state index is -1.32. The summed E-state index contributed by atoms with van der Waals surface area (Å²) in [5.74, 6) is -1.40. The first-order valence-corrected chi connectivity index (χ1v) is 8.48. The number of hydrogen-bond donors (Lipinski definition) is 2. The van der Waals surface area contributed by atoms with Crippen LogP contribution in [0, 0.1) is 6.92 Å². The molecular formula is C21H18N2O3. The quantitative estimate of drug-likeness (QED) is 0.764. The highest BCUT2D eigenvalue weighted by Crippen LogP contribution is 2.31. The van der Waals surface area contributed by atoms with Gasteiger partial charge in [-0.3, -0.25) is 9.78 Å². The van der Waals surface area contributed by atoms with Crippen LogP contribution < -0.4 is 5.32 Å². The fourth-order valence-corrected chi connectivity index (χ4v) is 3.69. The molecule has 4 rings (SSSR count). The maximum absolute atomic E-state index is 13.0. The summed E-state index contributed by atoms with van der Waals surface area (Å²) in [6.07, 6.45) is 0.568. The molecule has 0 aliphatic heterocycles. The van der Waals surface area contributed by atoms with E-state index in [9.17, 15) is 14.7 Å². The summed E-state index contributed by atoms with van der Waals surface area (Å²) in [5, 5.41) is 13.4. The standard InChI is InChI=1S/C21H18N2O3/c1-13-10-17(16-8-4-5-9-18(16)22-13)19(24)23-21(20(25)26)11-14-6-2-3-7-15(14)12-21/h2-10H,11-12H2,1H3,(H,23,24)(H,25,26). The van der Waals surface area contributed by atoms with Gasteiger partial charge in [0.1, 0.15) is 5.54 Å². The van der Waals surface area contributed by atoms with E-state index in [2.05, 4.69) is 10.3 Å². The van der Waals surface area contributed by atoms with Crippen molar-refractivity contribution in [2.75, 3.05) is 0 Å². The second-order valence-corrected chi connectivity index (χ2v) is 6.79. The average Bonchev–Trinajstić information content (AvgIpc) is 3.00. The Morgan fingerprint density at radius 2 is 1.65 bits per heavy atom. The SMILES string of the molecule is Cc1cc(C(=O)NC2(C(=O)O)Cc3ccccc3C2)c2ccccc2n1. The number of aryl methyl sites for hydroxylation is 1. The van der Waals surface area contributed by atoms with Crippen molar-refractivity contribution in [3.05, 3.63) is 77.0 Å². The number of para-hydroxylation sites is 1. The Labute approximate surface area is 150 Å². The highest BCUT2D eigenvalue weighted by Gasteiger charge is 2.45. The van der Waals surface area contributed by atoms with Gasteiger partial charge in [0.15, 0.2) is 0 Å². The number of rotatable bonds is 3. The lowest BCUT2D eigenvalue weighted by atomic mass is 9.94. The van der Waals surface area contributed by atoms with Crippen molar-refractivity contribution < 1.29 is 14.7 Å². The number of nitrogens with one attached hydrogen (secondary N) is 1. The number of carbonyl (C=O) groups excluding carboxylic acids is 1. The van der Waals surface area contributed by atoms with Crippen molar-refractivity contribution in [1.82, 2.24) is 10.3 Å². The number of hydrogen-bond acceptors (Lipinski definition) is 3. The molecule has 0 radical (unpaired) electrons. The van der Waals surface area contributed by atoms with Gasteiger partial charge in [0.05, 0.1) is 11.1 Å². The lowest BCUT2D eigenvalue weighted by Gasteiger charge is -2.26. The lowest BCUT2D eigenvalue weighted by Crippen LogP contribution is -2.55. The van der Waals surface area contributed by atoms with Gasteiger partial charge in [-0.15, -0.1) is 0 Å². The number of carboxylic acids is 1. The van der Waals surface area contributed by atoms with E-state index in [1.54, 1.807) is 6.07 Å². The number of aliphatic carboxylic acids is 1. The van der Waals surface area contributed by atoms with Crippen molar-refractivity contribution in [3.63, 3.8) is 0 Å². The van der Waals surface area contributed by atoms with Gasteiger partial charge in [0.2, 0.25) is 0 Å². The van der Waals surface area contributed by atoms with Gasteiger partial charge in [0.25, 0.3) is 5.91 Å². The number of amides is 1. The number of carbonyl (C=O) groups is 2. The van der Waals surface area contributed by atoms with E-state index >= 15 is 0 Å². The Hall–Kier alpha value is -3.21. The molecule has 5 nitrogen and oxygen atoms in total. The molecule has 130 valence electrons. The number of aromatic nitrogens is 1. The monoisotopic (exact) mass is 346 g/mol. The van der Waals surface area contributed by atoms with Gasteiger partial charge in [-0.2, -0.15) is 0 Å². The first kappa shape index (κ1) is 16.3. The Kier molecular flexibility index (Phi) is 3.72. The molecule has 1 amide bonds. The summed E-state index contributed by atoms with van der Waals surface area (Å²) in [4.78, 5) is 29.5. The molecule has 1 aliphatic carbocycles. The van der Waals surface area contributed by atoms with E-state index in [4.69, 9.17) is 0 Å². The predicted molar refractivity (Wildman–Crippen MR) is 98.2 cm³/mol. The van der Waals surface area contributed by atoms with Gasteiger partial charge in [-0.1, -0.05) is 42.5 Å². The Morgan fingerprint density at radius 3 is 2.31 bits per heavy atom. The minimum absolute atomic E-state index is 0.284. The molecule has 2 N–H and O–H groups in total. The molecule has 0 spiro atoms. The molecule has 3 aromatic rings. The molecule has 1 heterocycles. The van der Waals surface area contributed by atoms with Gasteiger partial charge in [0, 0.05) is 23.9 Å². The van der Waals surface area contributed by atoms with Crippen molar-refractivity contribution in [1.29, 1.82) is 0 Å². The topological polar surface area (TPSA) is 79.3 Å². The Balaban J connectivity index is 1.73. The minimum Gasteiger partial charge on any atom is -0.479 e. The fourth-order valence-electron chi connectivity index (χ4n) is 3.69. The second-order valence-electron chi connectivity index (χ2n) is 6.79. The average molecular weight is 346 g/mol. The molecule has 1 aliphatic rings. The van der Waals surface area contributed by atoms with E-state index in [1.807, 2.05) is 55.5 Å². The summed E-state index contributed by atoms with van der Waals surface area (Å²) >= 11 is 0. The normalized spacial score (nSPS) is 14.8. The smallest absolute Gasteiger partial charge is 0.330 e. The second kappa shape index (κ2) is 5.95. The van der Waals surface area contributed by atoms with E-state index in [-0.39, 0.29) is 18.7 Å². The summed E-state index contributed by atoms with van der Waals surface area (Å²) in [6.45, 7) is 1.82. The van der Waals surface area contributed by atoms with Crippen LogP contribution in [0.2, 0.25) is 0 Å². The van der Waals surface area contributed by atoms with Crippen molar-refractivity contribution >= 4 is 22.8 Å². The lowest BCUT2D eigenvalue weighted by molar-refractivity contribution is -0.144. The summed E-state index contributed by atoms with van der Waals surface area (Å²) in [6, 6.07) is 16.7. The van der Waals surface area contributed by atoms with Crippen LogP contribution in [0.3, 0.4) is 0 Å². The molecule has 0 atom stereocenters. The third-order valence-corrected chi connectivity index (χ3v) is 4.95. The maximum atomic E-state index is 13.0. The summed E-state index contributed by atoms with van der Waals surface area (Å²) < 4.78 is 0. The molecule has 0 fully saturated rings. The highest BCUT2D eigenvalue weighted by atomic mass is 16.4. The van der Waals surface area contributed by atoms with Crippen LogP contribution in [-0.4, -0.2) is 27.5 Å². The van der Waals surface area contributed by atoms with Crippen LogP contribution >= 0.6 is 0 Å². The number of nitrogens with zero attached hydrogens (tertiary/aromatic N) is 1. The number of fused-ring (bicyclic) bond motifs is 2. The molecule has 0 saturated heterocycles. The van der Waals surface area contributed by atoms with Crippen molar-refractivity contribution in [3.8, 4) is 0 Å². The summed E-state index contributed by atoms with van der Waals surface area (Å²) in [5.41, 5.74) is 2.49. The number of carboxylic acid groups (broad SMARTS) is 1. The van der Waals surface area contributed by atoms with E-state index in [0.717, 1.165) is 16.6 Å². The third-order valence-electron chi connectivity index (χ3n) is 4.95. The number of benzene rings is 2. The van der Waals surface area contributed by atoms with Gasteiger partial charge >= 0.3 is 5.97 Å². The molecule has 0 unspecified atom stereocenters. The van der Waals surface area contributed by atoms with Gasteiger partial charge in [-0.05, 0) is 30.2 Å². The molecule has 5 heteroatoms. The van der Waals surface area contributed by atoms with E-state index < -0.39 is 11.5 Å². The van der Waals surface area contributed by atoms with Crippen LogP contribution in [-0.2, 0) is 17.6 Å². The largest absolute Gasteiger partial charge is 0.479 e. The molecule has 1 aromatic heterocycles. The first-order chi connectivity index (χ1) is 12.5. The summed E-state index contributed by atoms with van der Waals surface area (Å²) in [7, 11) is 0. The third kappa shape index (κ3) is 2.62. The fraction of sp³-hybridized carbons (Fsp3) is 0.190. The van der Waals surface area contributed by atoms with Crippen LogP contribution in [0.25, 0.3) is 10.9 Å². The van der Waals surface area contributed by atoms with Crippen molar-refractivity contribution in [2.24, 2.45) is 0 Å². The van der Waals surface area contributed by atoms with Crippen LogP contribution in [0.1, 0.15) is 27.2 Å². The molecule has 0 saturated carbocycles. The molecule has 2 aromatic carbocycles. The Morgan fingerprint density at radius 1 is 1.04 bits per heavy atom. The van der Waals surface area contributed by atoms with Crippen LogP contribution in [0.4, 0.5) is 0 Å². The maximum Gasteiger partial charge on any atom is 0.330 e.